The number of tetrazole rings is 1. The number of H-pyrrole nitrogens is 1. The van der Waals surface area contributed by atoms with E-state index in [1.807, 2.05) is 42.5 Å². The van der Waals surface area contributed by atoms with E-state index in [0.29, 0.717) is 36.0 Å². The maximum absolute atomic E-state index is 11.9. The first-order valence-corrected chi connectivity index (χ1v) is 12.2. The van der Waals surface area contributed by atoms with Crippen molar-refractivity contribution in [3.8, 4) is 22.7 Å². The summed E-state index contributed by atoms with van der Waals surface area (Å²) in [4.78, 5) is 16.2. The fourth-order valence-electron chi connectivity index (χ4n) is 4.09. The molecule has 0 saturated carbocycles. The fraction of sp³-hybridized carbons (Fsp3) is 0.208. The first kappa shape index (κ1) is 31.3. The van der Waals surface area contributed by atoms with Crippen LogP contribution in [0.25, 0.3) is 33.7 Å². The van der Waals surface area contributed by atoms with Crippen LogP contribution in [0.1, 0.15) is 44.5 Å². The van der Waals surface area contributed by atoms with Crippen LogP contribution in [0.5, 0.6) is 0 Å². The quantitative estimate of drug-likeness (QED) is 0.234. The number of imidazole rings is 1. The smallest absolute Gasteiger partial charge is 1.00 e. The third-order valence-corrected chi connectivity index (χ3v) is 6.80. The average Bonchev–Trinajstić information content (AvgIpc) is 3.56. The van der Waals surface area contributed by atoms with Gasteiger partial charge in [-0.1, -0.05) is 55.3 Å². The number of furan rings is 1. The van der Waals surface area contributed by atoms with E-state index in [2.05, 4.69) is 48.5 Å². The molecule has 0 amide bonds. The number of aryl methyl sites for hydroxylation is 1. The molecule has 5 rings (SSSR count). The minimum atomic E-state index is -1.10. The van der Waals surface area contributed by atoms with Gasteiger partial charge in [-0.05, 0) is 45.3 Å². The number of carboxylic acid groups (broad SMARTS) is 1. The number of hydrogen-bond acceptors (Lipinski definition) is 6. The summed E-state index contributed by atoms with van der Waals surface area (Å²) in [6.07, 6.45) is 2.51. The van der Waals surface area contributed by atoms with Crippen LogP contribution in [0.4, 0.5) is 0 Å². The first-order chi connectivity index (χ1) is 17.0. The van der Waals surface area contributed by atoms with E-state index in [1.54, 1.807) is 4.57 Å². The van der Waals surface area contributed by atoms with E-state index < -0.39 is 5.97 Å². The predicted octanol–water partition coefficient (Wildman–Crippen LogP) is 0.214. The second-order valence-electron chi connectivity index (χ2n) is 8.02. The molecule has 0 bridgehead atoms. The Morgan fingerprint density at radius 3 is 2.65 bits per heavy atom. The second-order valence-corrected chi connectivity index (χ2v) is 9.17. The summed E-state index contributed by atoms with van der Waals surface area (Å²) in [6.45, 7) is 2.40. The first-order valence-electron chi connectivity index (χ1n) is 11.0. The van der Waals surface area contributed by atoms with Crippen molar-refractivity contribution in [3.05, 3.63) is 69.2 Å². The third-order valence-electron chi connectivity index (χ3n) is 5.75. The molecule has 0 spiro atoms. The molecule has 0 unspecified atom stereocenters. The topological polar surface area (TPSA) is 123 Å². The summed E-state index contributed by atoms with van der Waals surface area (Å²) in [6, 6.07) is 13.4. The van der Waals surface area contributed by atoms with Crippen molar-refractivity contribution in [2.75, 3.05) is 0 Å². The number of hydrogen-bond donors (Lipinski definition) is 2. The number of nitrogens with one attached hydrogen (secondary N) is 1. The summed E-state index contributed by atoms with van der Waals surface area (Å²) in [5.41, 5.74) is 3.17. The molecule has 0 fully saturated rings. The molecule has 182 valence electrons. The number of unbranched alkanes of at least 4 members (excludes halogenated alkanes) is 1. The molecule has 2 N–H and O–H groups in total. The molecular formula is C24H22BrClK2N6O3. The van der Waals surface area contributed by atoms with Crippen LogP contribution in [0.15, 0.2) is 51.4 Å². The van der Waals surface area contributed by atoms with Gasteiger partial charge in [0.1, 0.15) is 17.2 Å². The Balaban J connectivity index is 0.00000190. The predicted molar refractivity (Wildman–Crippen MR) is 137 cm³/mol. The zero-order valence-electron chi connectivity index (χ0n) is 22.6. The van der Waals surface area contributed by atoms with E-state index in [4.69, 9.17) is 16.0 Å². The minimum absolute atomic E-state index is 0. The van der Waals surface area contributed by atoms with Gasteiger partial charge >= 0.3 is 109 Å². The largest absolute Gasteiger partial charge is 1.00 e. The van der Waals surface area contributed by atoms with Crippen molar-refractivity contribution in [1.82, 2.24) is 30.2 Å². The van der Waals surface area contributed by atoms with Gasteiger partial charge in [0.15, 0.2) is 10.8 Å². The molecule has 0 aliphatic carbocycles. The van der Waals surface area contributed by atoms with Gasteiger partial charge in [-0.15, -0.1) is 10.2 Å². The zero-order valence-corrected chi connectivity index (χ0v) is 29.2. The van der Waals surface area contributed by atoms with Crippen LogP contribution in [0.3, 0.4) is 0 Å². The number of fused-ring (bicyclic) bond motifs is 1. The van der Waals surface area contributed by atoms with Crippen molar-refractivity contribution in [1.29, 1.82) is 0 Å². The Hall–Kier alpha value is -0.227. The Labute approximate surface area is 314 Å². The number of aromatic amines is 1. The van der Waals surface area contributed by atoms with Crippen LogP contribution in [0.2, 0.25) is 5.15 Å². The Bertz CT molecular complexity index is 1550. The molecule has 0 atom stereocenters. The van der Waals surface area contributed by atoms with Gasteiger partial charge in [-0.3, -0.25) is 0 Å². The van der Waals surface area contributed by atoms with E-state index in [-0.39, 0.29) is 116 Å². The maximum Gasteiger partial charge on any atom is 1.00 e. The third kappa shape index (κ3) is 6.58. The number of benzene rings is 2. The standard InChI is InChI=1S/C24H20BrClN6O3.2K.2H/c1-2-3-8-18-27-22(26)20(24(33)34)32(18)12-13-9-10-17-16(11-13)19(25)21(35-17)14-6-4-5-7-15(14)23-28-30-31-29-23;;;;/h4-7,9-11H,2-3,8,12H2,1H3,(H,33,34)(H,28,29,30,31);;;;/q;2*+1;2*-1. The molecule has 9 nitrogen and oxygen atoms in total. The average molecular weight is 636 g/mol. The zero-order chi connectivity index (χ0) is 24.5. The van der Waals surface area contributed by atoms with Crippen LogP contribution < -0.4 is 103 Å². The fourth-order valence-corrected chi connectivity index (χ4v) is 4.97. The molecule has 3 aromatic heterocycles. The van der Waals surface area contributed by atoms with Crippen molar-refractivity contribution in [2.45, 2.75) is 32.7 Å². The van der Waals surface area contributed by atoms with Crippen molar-refractivity contribution >= 4 is 44.5 Å². The molecule has 13 heteroatoms. The van der Waals surface area contributed by atoms with Crippen molar-refractivity contribution in [3.63, 3.8) is 0 Å². The summed E-state index contributed by atoms with van der Waals surface area (Å²) >= 11 is 9.89. The van der Waals surface area contributed by atoms with Gasteiger partial charge in [-0.25, -0.2) is 9.78 Å². The normalized spacial score (nSPS) is 10.8. The molecule has 0 aliphatic rings. The Kier molecular flexibility index (Phi) is 11.8. The van der Waals surface area contributed by atoms with Gasteiger partial charge in [0, 0.05) is 29.5 Å². The summed E-state index contributed by atoms with van der Waals surface area (Å²) in [5.74, 6) is 0.663. The molecular weight excluding hydrogens is 614 g/mol. The summed E-state index contributed by atoms with van der Waals surface area (Å²) in [7, 11) is 0. The molecule has 37 heavy (non-hydrogen) atoms. The monoisotopic (exact) mass is 634 g/mol. The Morgan fingerprint density at radius 1 is 1.22 bits per heavy atom. The van der Waals surface area contributed by atoms with Gasteiger partial charge < -0.3 is 16.9 Å². The maximum atomic E-state index is 11.9. The van der Waals surface area contributed by atoms with E-state index in [0.717, 1.165) is 39.4 Å². The van der Waals surface area contributed by atoms with Crippen LogP contribution in [-0.2, 0) is 13.0 Å². The molecule has 2 aromatic carbocycles. The number of carbonyl (C=O) groups is 1. The second kappa shape index (κ2) is 13.9. The van der Waals surface area contributed by atoms with Crippen LogP contribution in [-0.4, -0.2) is 41.3 Å². The Morgan fingerprint density at radius 2 is 1.97 bits per heavy atom. The van der Waals surface area contributed by atoms with Crippen LogP contribution >= 0.6 is 27.5 Å². The van der Waals surface area contributed by atoms with E-state index in [9.17, 15) is 9.90 Å². The van der Waals surface area contributed by atoms with Crippen LogP contribution in [0, 0.1) is 0 Å². The summed E-state index contributed by atoms with van der Waals surface area (Å²) in [5, 5.41) is 24.9. The number of carboxylic acids is 1. The van der Waals surface area contributed by atoms with Gasteiger partial charge in [0.2, 0.25) is 5.82 Å². The summed E-state index contributed by atoms with van der Waals surface area (Å²) < 4.78 is 8.66. The molecule has 0 radical (unpaired) electrons. The number of rotatable bonds is 8. The number of aromatic nitrogens is 6. The minimum Gasteiger partial charge on any atom is -1.00 e. The van der Waals surface area contributed by atoms with Gasteiger partial charge in [0.25, 0.3) is 0 Å². The van der Waals surface area contributed by atoms with Gasteiger partial charge in [0.05, 0.1) is 4.47 Å². The molecule has 0 saturated heterocycles. The number of nitrogens with zero attached hydrogens (tertiary/aromatic N) is 5. The van der Waals surface area contributed by atoms with E-state index >= 15 is 0 Å². The van der Waals surface area contributed by atoms with E-state index in [1.165, 1.54) is 0 Å². The molecule has 5 aromatic rings. The van der Waals surface area contributed by atoms with Crippen molar-refractivity contribution in [2.24, 2.45) is 0 Å². The number of aromatic carboxylic acids is 1. The molecule has 0 aliphatic heterocycles. The van der Waals surface area contributed by atoms with Crippen molar-refractivity contribution < 1.29 is 120 Å². The van der Waals surface area contributed by atoms with Gasteiger partial charge in [-0.2, -0.15) is 5.21 Å². The SMILES string of the molecule is CCCCc1nc(Cl)c(C(=O)O)n1Cc1ccc2oc(-c3ccccc3-c3nn[nH]n3)c(Br)c2c1.[H-].[H-].[K+].[K+]. The molecule has 3 heterocycles. The number of halogens is 2.